The quantitative estimate of drug-likeness (QED) is 0.725. The van der Waals surface area contributed by atoms with Gasteiger partial charge in [0.2, 0.25) is 5.91 Å². The molecular formula is C21H23N3O. The number of hydrogen-bond acceptors (Lipinski definition) is 2. The van der Waals surface area contributed by atoms with Crippen LogP contribution in [0.3, 0.4) is 0 Å². The van der Waals surface area contributed by atoms with Gasteiger partial charge in [-0.15, -0.1) is 0 Å². The van der Waals surface area contributed by atoms with Crippen molar-refractivity contribution in [3.05, 3.63) is 66.0 Å². The smallest absolute Gasteiger partial charge is 0.224 e. The molecule has 25 heavy (non-hydrogen) atoms. The molecule has 0 bridgehead atoms. The summed E-state index contributed by atoms with van der Waals surface area (Å²) in [5.41, 5.74) is 4.77. The number of carbonyl (C=O) groups excluding carboxylic acids is 1. The first-order valence-corrected chi connectivity index (χ1v) is 8.97. The Hall–Kier alpha value is -2.62. The minimum atomic E-state index is 0.194. The van der Waals surface area contributed by atoms with E-state index < -0.39 is 0 Å². The topological polar surface area (TPSA) is 38.1 Å². The third-order valence-corrected chi connectivity index (χ3v) is 5.29. The number of nitrogens with zero attached hydrogens (tertiary/aromatic N) is 3. The van der Waals surface area contributed by atoms with Crippen LogP contribution in [0.1, 0.15) is 36.4 Å². The van der Waals surface area contributed by atoms with Crippen molar-refractivity contribution in [2.24, 2.45) is 0 Å². The van der Waals surface area contributed by atoms with Crippen LogP contribution in [0.25, 0.3) is 11.0 Å². The fourth-order valence-electron chi connectivity index (χ4n) is 3.89. The zero-order valence-corrected chi connectivity index (χ0v) is 14.6. The number of amides is 1. The fraction of sp³-hybridized carbons (Fsp3) is 0.333. The van der Waals surface area contributed by atoms with Crippen LogP contribution in [0.2, 0.25) is 0 Å². The second-order valence-corrected chi connectivity index (χ2v) is 6.79. The molecule has 4 nitrogen and oxygen atoms in total. The molecule has 0 saturated carbocycles. The van der Waals surface area contributed by atoms with Gasteiger partial charge < -0.3 is 9.47 Å². The van der Waals surface area contributed by atoms with Gasteiger partial charge in [-0.05, 0) is 42.5 Å². The molecule has 0 radical (unpaired) electrons. The molecule has 0 saturated heterocycles. The van der Waals surface area contributed by atoms with Gasteiger partial charge in [0.1, 0.15) is 0 Å². The van der Waals surface area contributed by atoms with Crippen LogP contribution in [0.5, 0.6) is 0 Å². The van der Waals surface area contributed by atoms with Crippen molar-refractivity contribution in [1.29, 1.82) is 0 Å². The number of carbonyl (C=O) groups is 1. The van der Waals surface area contributed by atoms with E-state index >= 15 is 0 Å². The van der Waals surface area contributed by atoms with Crippen molar-refractivity contribution in [3.63, 3.8) is 0 Å². The molecule has 0 N–H and O–H groups in total. The van der Waals surface area contributed by atoms with E-state index in [1.165, 1.54) is 11.1 Å². The Labute approximate surface area is 148 Å². The SMILES string of the molecule is CN(C(=O)CCn1cnc2ccccc21)[C@@H]1CCCc2ccccc21. The van der Waals surface area contributed by atoms with Gasteiger partial charge in [-0.2, -0.15) is 0 Å². The van der Waals surface area contributed by atoms with E-state index in [1.54, 1.807) is 0 Å². The largest absolute Gasteiger partial charge is 0.339 e. The lowest BCUT2D eigenvalue weighted by Gasteiger charge is -2.33. The third-order valence-electron chi connectivity index (χ3n) is 5.29. The Bertz CT molecular complexity index is 899. The maximum absolute atomic E-state index is 12.8. The molecule has 2 aromatic carbocycles. The second-order valence-electron chi connectivity index (χ2n) is 6.79. The Kier molecular flexibility index (Phi) is 4.26. The number of imidazole rings is 1. The summed E-state index contributed by atoms with van der Waals surface area (Å²) in [6.45, 7) is 0.665. The summed E-state index contributed by atoms with van der Waals surface area (Å²) in [4.78, 5) is 19.1. The molecule has 3 aromatic rings. The minimum Gasteiger partial charge on any atom is -0.339 e. The number of fused-ring (bicyclic) bond motifs is 2. The molecule has 0 unspecified atom stereocenters. The molecule has 4 rings (SSSR count). The van der Waals surface area contributed by atoms with Crippen LogP contribution >= 0.6 is 0 Å². The average Bonchev–Trinajstić information content (AvgIpc) is 3.08. The first-order valence-electron chi connectivity index (χ1n) is 8.97. The van der Waals surface area contributed by atoms with Gasteiger partial charge in [0.05, 0.1) is 23.4 Å². The van der Waals surface area contributed by atoms with Gasteiger partial charge in [-0.25, -0.2) is 4.98 Å². The van der Waals surface area contributed by atoms with E-state index in [9.17, 15) is 4.79 Å². The van der Waals surface area contributed by atoms with Crippen molar-refractivity contribution >= 4 is 16.9 Å². The molecule has 1 aliphatic carbocycles. The predicted molar refractivity (Wildman–Crippen MR) is 99.2 cm³/mol. The van der Waals surface area contributed by atoms with Crippen molar-refractivity contribution < 1.29 is 4.79 Å². The van der Waals surface area contributed by atoms with Crippen LogP contribution in [0.4, 0.5) is 0 Å². The van der Waals surface area contributed by atoms with Gasteiger partial charge in [-0.3, -0.25) is 4.79 Å². The van der Waals surface area contributed by atoms with E-state index in [0.717, 1.165) is 30.3 Å². The van der Waals surface area contributed by atoms with Crippen LogP contribution in [-0.2, 0) is 17.8 Å². The maximum Gasteiger partial charge on any atom is 0.224 e. The van der Waals surface area contributed by atoms with Gasteiger partial charge in [-0.1, -0.05) is 36.4 Å². The highest BCUT2D eigenvalue weighted by molar-refractivity contribution is 5.78. The lowest BCUT2D eigenvalue weighted by molar-refractivity contribution is -0.132. The monoisotopic (exact) mass is 333 g/mol. The lowest BCUT2D eigenvalue weighted by atomic mass is 9.87. The van der Waals surface area contributed by atoms with Crippen LogP contribution in [-0.4, -0.2) is 27.4 Å². The Morgan fingerprint density at radius 3 is 2.92 bits per heavy atom. The van der Waals surface area contributed by atoms with Crippen molar-refractivity contribution in [1.82, 2.24) is 14.5 Å². The predicted octanol–water partition coefficient (Wildman–Crippen LogP) is 3.96. The molecule has 0 aliphatic heterocycles. The molecule has 1 heterocycles. The molecule has 1 amide bonds. The van der Waals surface area contributed by atoms with E-state index in [-0.39, 0.29) is 11.9 Å². The summed E-state index contributed by atoms with van der Waals surface area (Å²) >= 11 is 0. The van der Waals surface area contributed by atoms with E-state index in [0.29, 0.717) is 13.0 Å². The van der Waals surface area contributed by atoms with E-state index in [4.69, 9.17) is 0 Å². The van der Waals surface area contributed by atoms with Crippen LogP contribution < -0.4 is 0 Å². The average molecular weight is 333 g/mol. The van der Waals surface area contributed by atoms with E-state index in [2.05, 4.69) is 33.8 Å². The lowest BCUT2D eigenvalue weighted by Crippen LogP contribution is -2.33. The standard InChI is InChI=1S/C21H23N3O/c1-23(19-12-6-8-16-7-2-3-9-17(16)19)21(25)13-14-24-15-22-18-10-4-5-11-20(18)24/h2-5,7,9-11,15,19H,6,8,12-14H2,1H3/t19-/m1/s1. The summed E-state index contributed by atoms with van der Waals surface area (Å²) in [6, 6.07) is 16.8. The highest BCUT2D eigenvalue weighted by atomic mass is 16.2. The zero-order chi connectivity index (χ0) is 17.2. The van der Waals surface area contributed by atoms with Crippen molar-refractivity contribution in [3.8, 4) is 0 Å². The summed E-state index contributed by atoms with van der Waals surface area (Å²) in [5.74, 6) is 0.194. The summed E-state index contributed by atoms with van der Waals surface area (Å²) in [7, 11) is 1.95. The van der Waals surface area contributed by atoms with Gasteiger partial charge >= 0.3 is 0 Å². The number of rotatable bonds is 4. The number of para-hydroxylation sites is 2. The number of aryl methyl sites for hydroxylation is 2. The molecule has 1 atom stereocenters. The third kappa shape index (κ3) is 3.04. The minimum absolute atomic E-state index is 0.194. The Morgan fingerprint density at radius 1 is 1.20 bits per heavy atom. The van der Waals surface area contributed by atoms with Crippen LogP contribution in [0, 0.1) is 0 Å². The normalized spacial score (nSPS) is 16.6. The van der Waals surface area contributed by atoms with Gasteiger partial charge in [0, 0.05) is 20.0 Å². The molecule has 1 aromatic heterocycles. The molecule has 0 spiro atoms. The second kappa shape index (κ2) is 6.71. The van der Waals surface area contributed by atoms with Crippen molar-refractivity contribution in [2.45, 2.75) is 38.3 Å². The molecule has 4 heteroatoms. The van der Waals surface area contributed by atoms with Gasteiger partial charge in [0.25, 0.3) is 0 Å². The molecule has 128 valence electrons. The summed E-state index contributed by atoms with van der Waals surface area (Å²) < 4.78 is 2.07. The maximum atomic E-state index is 12.8. The molecule has 0 fully saturated rings. The first-order chi connectivity index (χ1) is 12.2. The molecule has 1 aliphatic rings. The molecular weight excluding hydrogens is 310 g/mol. The Morgan fingerprint density at radius 2 is 2.00 bits per heavy atom. The van der Waals surface area contributed by atoms with E-state index in [1.807, 2.05) is 42.5 Å². The highest BCUT2D eigenvalue weighted by Gasteiger charge is 2.26. The first kappa shape index (κ1) is 15.9. The Balaban J connectivity index is 1.46. The number of aromatic nitrogens is 2. The number of hydrogen-bond donors (Lipinski definition) is 0. The summed E-state index contributed by atoms with van der Waals surface area (Å²) in [6.07, 6.45) is 5.64. The highest BCUT2D eigenvalue weighted by Crippen LogP contribution is 2.33. The van der Waals surface area contributed by atoms with Gasteiger partial charge in [0.15, 0.2) is 0 Å². The summed E-state index contributed by atoms with van der Waals surface area (Å²) in [5, 5.41) is 0. The van der Waals surface area contributed by atoms with Crippen LogP contribution in [0.15, 0.2) is 54.9 Å². The zero-order valence-electron chi connectivity index (χ0n) is 14.6. The number of benzene rings is 2. The fourth-order valence-corrected chi connectivity index (χ4v) is 3.89. The van der Waals surface area contributed by atoms with Crippen molar-refractivity contribution in [2.75, 3.05) is 7.05 Å².